The van der Waals surface area contributed by atoms with Crippen LogP contribution in [0.15, 0.2) is 47.9 Å². The molecule has 2 aromatic carbocycles. The van der Waals surface area contributed by atoms with Crippen molar-refractivity contribution in [1.82, 2.24) is 0 Å². The van der Waals surface area contributed by atoms with Gasteiger partial charge in [0.25, 0.3) is 0 Å². The zero-order valence-corrected chi connectivity index (χ0v) is 18.5. The van der Waals surface area contributed by atoms with Crippen LogP contribution in [0.1, 0.15) is 27.8 Å². The molecular formula is C18H20I2O2S. The number of sulfone groups is 1. The van der Waals surface area contributed by atoms with Gasteiger partial charge in [0.2, 0.25) is 0 Å². The van der Waals surface area contributed by atoms with Gasteiger partial charge in [-0.05, 0) is 43.5 Å². The highest BCUT2D eigenvalue weighted by Crippen LogP contribution is 2.15. The number of aryl methyl sites for hydroxylation is 3. The van der Waals surface area contributed by atoms with E-state index < -0.39 is 9.84 Å². The maximum absolute atomic E-state index is 12.1. The lowest BCUT2D eigenvalue weighted by Crippen LogP contribution is -2.00. The lowest BCUT2D eigenvalue weighted by Gasteiger charge is -2.03. The fraction of sp³-hybridized carbons (Fsp3) is 0.222. The Morgan fingerprint density at radius 3 is 2.04 bits per heavy atom. The first-order valence-corrected chi connectivity index (χ1v) is 15.0. The average Bonchev–Trinajstić information content (AvgIpc) is 2.50. The summed E-state index contributed by atoms with van der Waals surface area (Å²) in [5.41, 5.74) is 5.13. The molecule has 0 saturated heterocycles. The molecule has 0 atom stereocenters. The van der Waals surface area contributed by atoms with Crippen molar-refractivity contribution >= 4 is 53.1 Å². The van der Waals surface area contributed by atoms with Gasteiger partial charge in [-0.15, -0.1) is 0 Å². The molecule has 0 aromatic heterocycles. The highest BCUT2D eigenvalue weighted by Gasteiger charge is 2.08. The summed E-state index contributed by atoms with van der Waals surface area (Å²) in [5.74, 6) is 0.0364. The molecule has 0 aliphatic heterocycles. The van der Waals surface area contributed by atoms with Gasteiger partial charge in [0.05, 0.1) is 5.75 Å². The molecule has 0 fully saturated rings. The van der Waals surface area contributed by atoms with Crippen LogP contribution >= 0.6 is 37.2 Å². The van der Waals surface area contributed by atoms with E-state index in [0.29, 0.717) is 0 Å². The molecule has 0 aliphatic carbocycles. The summed E-state index contributed by atoms with van der Waals surface area (Å²) in [6.45, 7) is 5.99. The normalized spacial score (nSPS) is 11.2. The van der Waals surface area contributed by atoms with Crippen LogP contribution in [-0.2, 0) is 15.6 Å². The van der Waals surface area contributed by atoms with Gasteiger partial charge in [0.15, 0.2) is 9.84 Å². The highest BCUT2D eigenvalue weighted by atomic mass is 128. The van der Waals surface area contributed by atoms with Crippen LogP contribution < -0.4 is 0 Å². The Hall–Kier alpha value is -0.410. The summed E-state index contributed by atoms with van der Waals surface area (Å²) < 4.78 is 24.3. The zero-order valence-electron chi connectivity index (χ0n) is 13.4. The van der Waals surface area contributed by atoms with Gasteiger partial charge in [-0.3, -0.25) is 0 Å². The Labute approximate surface area is 162 Å². The fourth-order valence-corrected chi connectivity index (χ4v) is 3.26. The van der Waals surface area contributed by atoms with E-state index >= 15 is 0 Å². The second kappa shape index (κ2) is 9.78. The summed E-state index contributed by atoms with van der Waals surface area (Å²) in [6, 6.07) is 13.6. The minimum Gasteiger partial charge on any atom is -0.224 e. The van der Waals surface area contributed by atoms with Gasteiger partial charge >= 0.3 is 0 Å². The van der Waals surface area contributed by atoms with Gasteiger partial charge in [-0.1, -0.05) is 53.6 Å². The molecule has 23 heavy (non-hydrogen) atoms. The van der Waals surface area contributed by atoms with Crippen molar-refractivity contribution in [3.63, 3.8) is 0 Å². The first-order valence-electron chi connectivity index (χ1n) is 7.04. The van der Waals surface area contributed by atoms with Crippen molar-refractivity contribution in [2.45, 2.75) is 26.5 Å². The molecule has 0 unspecified atom stereocenters. The number of benzene rings is 2. The third kappa shape index (κ3) is 7.34. The molecule has 0 radical (unpaired) electrons. The van der Waals surface area contributed by atoms with Crippen molar-refractivity contribution in [3.8, 4) is 0 Å². The maximum Gasteiger partial charge on any atom is 0.175 e. The SMILES string of the molecule is Cc1ccc(CS(=O)(=O)/C=C/c2ccc(C)cc2C)cc1.II. The van der Waals surface area contributed by atoms with Gasteiger partial charge < -0.3 is 0 Å². The van der Waals surface area contributed by atoms with E-state index in [0.717, 1.165) is 22.3 Å². The number of hydrogen-bond acceptors (Lipinski definition) is 2. The van der Waals surface area contributed by atoms with Crippen LogP contribution in [0.25, 0.3) is 6.08 Å². The minimum absolute atomic E-state index is 0.0364. The number of halogens is 2. The first kappa shape index (κ1) is 20.6. The predicted octanol–water partition coefficient (Wildman–Crippen LogP) is 5.97. The van der Waals surface area contributed by atoms with Crippen LogP contribution in [0.5, 0.6) is 0 Å². The van der Waals surface area contributed by atoms with E-state index in [4.69, 9.17) is 0 Å². The van der Waals surface area contributed by atoms with Crippen molar-refractivity contribution < 1.29 is 8.42 Å². The molecule has 0 bridgehead atoms. The Bertz CT molecular complexity index is 764. The number of rotatable bonds is 4. The second-order valence-corrected chi connectivity index (χ2v) is 7.34. The van der Waals surface area contributed by atoms with Gasteiger partial charge in [0.1, 0.15) is 0 Å². The quantitative estimate of drug-likeness (QED) is 0.437. The molecule has 0 amide bonds. The third-order valence-corrected chi connectivity index (χ3v) is 4.66. The van der Waals surface area contributed by atoms with E-state index in [9.17, 15) is 8.42 Å². The van der Waals surface area contributed by atoms with E-state index in [2.05, 4.69) is 37.2 Å². The van der Waals surface area contributed by atoms with Crippen LogP contribution in [0.3, 0.4) is 0 Å². The largest absolute Gasteiger partial charge is 0.224 e. The summed E-state index contributed by atoms with van der Waals surface area (Å²) in [4.78, 5) is 0. The highest BCUT2D eigenvalue weighted by molar-refractivity contribution is 15.0. The Morgan fingerprint density at radius 1 is 0.913 bits per heavy atom. The Morgan fingerprint density at radius 2 is 1.48 bits per heavy atom. The van der Waals surface area contributed by atoms with Crippen LogP contribution in [-0.4, -0.2) is 8.42 Å². The molecule has 5 heteroatoms. The average molecular weight is 554 g/mol. The van der Waals surface area contributed by atoms with E-state index in [1.165, 1.54) is 11.0 Å². The molecular weight excluding hydrogens is 534 g/mol. The molecule has 0 spiro atoms. The predicted molar refractivity (Wildman–Crippen MR) is 117 cm³/mol. The van der Waals surface area contributed by atoms with Crippen molar-refractivity contribution in [2.24, 2.45) is 0 Å². The molecule has 0 aliphatic rings. The maximum atomic E-state index is 12.1. The first-order chi connectivity index (χ1) is 10.9. The van der Waals surface area contributed by atoms with Crippen molar-refractivity contribution in [1.29, 1.82) is 0 Å². The summed E-state index contributed by atoms with van der Waals surface area (Å²) >= 11 is 4.24. The summed E-state index contributed by atoms with van der Waals surface area (Å²) in [6.07, 6.45) is 1.68. The Balaban J connectivity index is 0.00000127. The van der Waals surface area contributed by atoms with Crippen molar-refractivity contribution in [2.75, 3.05) is 0 Å². The zero-order chi connectivity index (χ0) is 17.5. The molecule has 0 N–H and O–H groups in total. The van der Waals surface area contributed by atoms with E-state index in [-0.39, 0.29) is 5.75 Å². The van der Waals surface area contributed by atoms with Crippen LogP contribution in [0.2, 0.25) is 0 Å². The fourth-order valence-electron chi connectivity index (χ4n) is 2.15. The van der Waals surface area contributed by atoms with Crippen LogP contribution in [0, 0.1) is 20.8 Å². The monoisotopic (exact) mass is 554 g/mol. The van der Waals surface area contributed by atoms with Gasteiger partial charge in [-0.25, -0.2) is 8.42 Å². The summed E-state index contributed by atoms with van der Waals surface area (Å²) in [5, 5.41) is 1.31. The third-order valence-electron chi connectivity index (χ3n) is 3.37. The van der Waals surface area contributed by atoms with Gasteiger partial charge in [-0.2, -0.15) is 0 Å². The lowest BCUT2D eigenvalue weighted by molar-refractivity contribution is 0.604. The van der Waals surface area contributed by atoms with E-state index in [1.807, 2.05) is 63.2 Å². The molecule has 0 saturated carbocycles. The molecule has 124 valence electrons. The molecule has 2 rings (SSSR count). The smallest absolute Gasteiger partial charge is 0.175 e. The van der Waals surface area contributed by atoms with Crippen LogP contribution in [0.4, 0.5) is 0 Å². The molecule has 0 heterocycles. The number of hydrogen-bond donors (Lipinski definition) is 0. The minimum atomic E-state index is -3.25. The summed E-state index contributed by atoms with van der Waals surface area (Å²) in [7, 11) is -3.25. The standard InChI is InChI=1S/C18H20O2S.I2/c1-14-4-7-17(8-5-14)13-21(19,20)11-10-18-9-6-15(2)12-16(18)3;1-2/h4-12H,13H2,1-3H3;/b11-10+;. The van der Waals surface area contributed by atoms with E-state index in [1.54, 1.807) is 6.08 Å². The molecule has 2 aromatic rings. The van der Waals surface area contributed by atoms with Gasteiger partial charge in [0, 0.05) is 42.6 Å². The Kier molecular flexibility index (Phi) is 8.78. The second-order valence-electron chi connectivity index (χ2n) is 5.46. The molecule has 2 nitrogen and oxygen atoms in total. The topological polar surface area (TPSA) is 34.1 Å². The van der Waals surface area contributed by atoms with Crippen molar-refractivity contribution in [3.05, 3.63) is 75.7 Å². The lowest BCUT2D eigenvalue weighted by atomic mass is 10.1.